The zero-order valence-electron chi connectivity index (χ0n) is 12.7. The largest absolute Gasteiger partial charge is 0.487 e. The highest BCUT2D eigenvalue weighted by Crippen LogP contribution is 2.32. The Bertz CT molecular complexity index is 783. The number of ether oxygens (including phenoxy) is 1. The summed E-state index contributed by atoms with van der Waals surface area (Å²) in [5, 5.41) is 1.96. The second-order valence-corrected chi connectivity index (χ2v) is 7.31. The van der Waals surface area contributed by atoms with Gasteiger partial charge in [0, 0.05) is 11.9 Å². The van der Waals surface area contributed by atoms with Crippen LogP contribution < -0.4 is 4.74 Å². The van der Waals surface area contributed by atoms with Crippen LogP contribution in [0.5, 0.6) is 5.75 Å². The molecule has 0 unspecified atom stereocenters. The van der Waals surface area contributed by atoms with Gasteiger partial charge in [-0.3, -0.25) is 9.69 Å². The highest BCUT2D eigenvalue weighted by Gasteiger charge is 2.30. The minimum absolute atomic E-state index is 0.0752. The first-order chi connectivity index (χ1) is 11.7. The predicted molar refractivity (Wildman–Crippen MR) is 103 cm³/mol. The first-order valence-electron chi connectivity index (χ1n) is 7.13. The van der Waals surface area contributed by atoms with Crippen molar-refractivity contribution in [1.82, 2.24) is 9.88 Å². The lowest BCUT2D eigenvalue weighted by atomic mass is 10.2. The van der Waals surface area contributed by atoms with E-state index in [2.05, 4.69) is 11.6 Å². The van der Waals surface area contributed by atoms with Gasteiger partial charge in [-0.15, -0.1) is 17.9 Å². The van der Waals surface area contributed by atoms with E-state index in [1.54, 1.807) is 27.8 Å². The predicted octanol–water partition coefficient (Wildman–Crippen LogP) is 4.11. The molecule has 0 spiro atoms. The molecule has 0 bridgehead atoms. The van der Waals surface area contributed by atoms with E-state index < -0.39 is 0 Å². The summed E-state index contributed by atoms with van der Waals surface area (Å²) in [5.74, 6) is 0.688. The molecule has 0 radical (unpaired) electrons. The second kappa shape index (κ2) is 7.74. The Balaban J connectivity index is 1.66. The highest BCUT2D eigenvalue weighted by atomic mass is 32.2. The van der Waals surface area contributed by atoms with Crippen molar-refractivity contribution < 1.29 is 9.53 Å². The van der Waals surface area contributed by atoms with E-state index in [9.17, 15) is 4.79 Å². The van der Waals surface area contributed by atoms with Crippen LogP contribution in [-0.4, -0.2) is 26.7 Å². The average Bonchev–Trinajstić information content (AvgIpc) is 3.19. The van der Waals surface area contributed by atoms with Crippen LogP contribution in [0.3, 0.4) is 0 Å². The van der Waals surface area contributed by atoms with Crippen LogP contribution in [-0.2, 0) is 11.4 Å². The van der Waals surface area contributed by atoms with E-state index in [0.717, 1.165) is 17.0 Å². The minimum atomic E-state index is -0.0752. The molecule has 4 nitrogen and oxygen atoms in total. The monoisotopic (exact) mass is 374 g/mol. The Kier molecular flexibility index (Phi) is 5.44. The van der Waals surface area contributed by atoms with Gasteiger partial charge in [-0.25, -0.2) is 4.98 Å². The lowest BCUT2D eigenvalue weighted by Crippen LogP contribution is -2.27. The molecular formula is C17H14N2O2S3. The van der Waals surface area contributed by atoms with Crippen molar-refractivity contribution in [2.75, 3.05) is 6.54 Å². The second-order valence-electron chi connectivity index (χ2n) is 4.92. The summed E-state index contributed by atoms with van der Waals surface area (Å²) in [4.78, 5) is 18.6. The SMILES string of the molecule is C=CCN1C(=O)/C(=C\c2ccc(OCc3cscn3)cc2)SC1=S. The average molecular weight is 375 g/mol. The number of benzene rings is 1. The maximum absolute atomic E-state index is 12.3. The first-order valence-corrected chi connectivity index (χ1v) is 9.30. The van der Waals surface area contributed by atoms with Crippen molar-refractivity contribution in [2.24, 2.45) is 0 Å². The molecule has 0 saturated carbocycles. The Morgan fingerprint density at radius 2 is 2.12 bits per heavy atom. The van der Waals surface area contributed by atoms with Gasteiger partial charge in [0.15, 0.2) is 0 Å². The Labute approximate surface area is 153 Å². The van der Waals surface area contributed by atoms with Gasteiger partial charge in [0.25, 0.3) is 5.91 Å². The Hall–Kier alpha value is -1.96. The first kappa shape index (κ1) is 16.9. The number of hydrogen-bond acceptors (Lipinski definition) is 6. The maximum atomic E-state index is 12.3. The number of amides is 1. The molecule has 1 aliphatic heterocycles. The van der Waals surface area contributed by atoms with Crippen LogP contribution in [0.1, 0.15) is 11.3 Å². The molecule has 3 rings (SSSR count). The number of hydrogen-bond donors (Lipinski definition) is 0. The molecule has 1 saturated heterocycles. The topological polar surface area (TPSA) is 42.4 Å². The molecule has 1 aliphatic rings. The third kappa shape index (κ3) is 3.92. The standard InChI is InChI=1S/C17H14N2O2S3/c1-2-7-19-16(20)15(24-17(19)22)8-12-3-5-14(6-4-12)21-9-13-10-23-11-18-13/h2-6,8,10-11H,1,7,9H2/b15-8+. The highest BCUT2D eigenvalue weighted by molar-refractivity contribution is 8.26. The molecular weight excluding hydrogens is 360 g/mol. The van der Waals surface area contributed by atoms with Crippen molar-refractivity contribution in [3.05, 3.63) is 64.0 Å². The summed E-state index contributed by atoms with van der Waals surface area (Å²) in [7, 11) is 0. The van der Waals surface area contributed by atoms with E-state index in [1.165, 1.54) is 11.8 Å². The van der Waals surface area contributed by atoms with Crippen LogP contribution in [0.4, 0.5) is 0 Å². The fourth-order valence-corrected chi connectivity index (χ4v) is 3.88. The maximum Gasteiger partial charge on any atom is 0.266 e. The summed E-state index contributed by atoms with van der Waals surface area (Å²) in [6.45, 7) is 4.53. The zero-order valence-corrected chi connectivity index (χ0v) is 15.1. The van der Waals surface area contributed by atoms with Crippen LogP contribution >= 0.6 is 35.3 Å². The van der Waals surface area contributed by atoms with Crippen molar-refractivity contribution >= 4 is 51.6 Å². The van der Waals surface area contributed by atoms with E-state index >= 15 is 0 Å². The summed E-state index contributed by atoms with van der Waals surface area (Å²) >= 11 is 8.08. The summed E-state index contributed by atoms with van der Waals surface area (Å²) in [6, 6.07) is 7.58. The van der Waals surface area contributed by atoms with Crippen LogP contribution in [0.15, 0.2) is 52.7 Å². The molecule has 1 aromatic carbocycles. The number of carbonyl (C=O) groups is 1. The fourth-order valence-electron chi connectivity index (χ4n) is 2.06. The van der Waals surface area contributed by atoms with Gasteiger partial charge in [0.05, 0.1) is 16.1 Å². The van der Waals surface area contributed by atoms with Gasteiger partial charge in [0.1, 0.15) is 16.7 Å². The number of aromatic nitrogens is 1. The molecule has 1 fully saturated rings. The third-order valence-corrected chi connectivity index (χ3v) is 5.25. The lowest BCUT2D eigenvalue weighted by Gasteiger charge is -2.10. The zero-order chi connectivity index (χ0) is 16.9. The molecule has 0 aliphatic carbocycles. The molecule has 1 amide bonds. The summed E-state index contributed by atoms with van der Waals surface area (Å²) < 4.78 is 6.24. The van der Waals surface area contributed by atoms with Crippen molar-refractivity contribution in [2.45, 2.75) is 6.61 Å². The molecule has 2 heterocycles. The number of thiazole rings is 1. The van der Waals surface area contributed by atoms with Gasteiger partial charge in [-0.1, -0.05) is 42.2 Å². The van der Waals surface area contributed by atoms with Gasteiger partial charge in [0.2, 0.25) is 0 Å². The van der Waals surface area contributed by atoms with Crippen molar-refractivity contribution in [3.8, 4) is 5.75 Å². The van der Waals surface area contributed by atoms with E-state index in [0.29, 0.717) is 22.4 Å². The quantitative estimate of drug-likeness (QED) is 0.432. The third-order valence-electron chi connectivity index (χ3n) is 3.23. The number of nitrogens with zero attached hydrogens (tertiary/aromatic N) is 2. The molecule has 24 heavy (non-hydrogen) atoms. The smallest absolute Gasteiger partial charge is 0.266 e. The normalized spacial score (nSPS) is 16.0. The van der Waals surface area contributed by atoms with E-state index in [1.807, 2.05) is 35.7 Å². The molecule has 1 aromatic heterocycles. The van der Waals surface area contributed by atoms with Gasteiger partial charge < -0.3 is 4.74 Å². The molecule has 2 aromatic rings. The van der Waals surface area contributed by atoms with E-state index in [-0.39, 0.29) is 5.91 Å². The number of rotatable bonds is 6. The molecule has 0 atom stereocenters. The molecule has 122 valence electrons. The lowest BCUT2D eigenvalue weighted by molar-refractivity contribution is -0.121. The molecule has 7 heteroatoms. The van der Waals surface area contributed by atoms with Crippen molar-refractivity contribution in [3.63, 3.8) is 0 Å². The summed E-state index contributed by atoms with van der Waals surface area (Å²) in [6.07, 6.45) is 3.51. The number of thioether (sulfide) groups is 1. The van der Waals surface area contributed by atoms with Crippen LogP contribution in [0.25, 0.3) is 6.08 Å². The van der Waals surface area contributed by atoms with Gasteiger partial charge in [-0.2, -0.15) is 0 Å². The van der Waals surface area contributed by atoms with Crippen LogP contribution in [0, 0.1) is 0 Å². The molecule has 0 N–H and O–H groups in total. The van der Waals surface area contributed by atoms with Crippen molar-refractivity contribution in [1.29, 1.82) is 0 Å². The van der Waals surface area contributed by atoms with E-state index in [4.69, 9.17) is 17.0 Å². The Morgan fingerprint density at radius 1 is 1.33 bits per heavy atom. The summed E-state index contributed by atoms with van der Waals surface area (Å²) in [5.41, 5.74) is 3.62. The van der Waals surface area contributed by atoms with Gasteiger partial charge >= 0.3 is 0 Å². The van der Waals surface area contributed by atoms with Gasteiger partial charge in [-0.05, 0) is 23.8 Å². The van der Waals surface area contributed by atoms with Crippen LogP contribution in [0.2, 0.25) is 0 Å². The Morgan fingerprint density at radius 3 is 2.79 bits per heavy atom. The number of thiocarbonyl (C=S) groups is 1. The fraction of sp³-hybridized carbons (Fsp3) is 0.118. The number of carbonyl (C=O) groups excluding carboxylic acids is 1. The minimum Gasteiger partial charge on any atom is -0.487 e.